The molecule has 34 heavy (non-hydrogen) atoms. The van der Waals surface area contributed by atoms with E-state index in [-0.39, 0.29) is 5.41 Å². The summed E-state index contributed by atoms with van der Waals surface area (Å²) >= 11 is 0. The van der Waals surface area contributed by atoms with Crippen molar-refractivity contribution in [2.75, 3.05) is 0 Å². The monoisotopic (exact) mass is 436 g/mol. The Bertz CT molecular complexity index is 1440. The molecule has 0 saturated carbocycles. The molecular formula is C34H28. The number of fused-ring (bicyclic) bond motifs is 3. The zero-order valence-electron chi connectivity index (χ0n) is 19.8. The standard InChI is InChI=1S/C34H28/c1-24-17-19-28(20-18-24)34(32-15-5-3-13-30(32)31-14-4-6-16-33(31)34)29-12-8-11-27(23-29)22-26-10-7-9-25(2)21-26/h3-21,23H,22H2,1-2H3. The molecule has 6 rings (SSSR count). The predicted molar refractivity (Wildman–Crippen MR) is 142 cm³/mol. The first kappa shape index (κ1) is 20.7. The quantitative estimate of drug-likeness (QED) is 0.261. The van der Waals surface area contributed by atoms with E-state index < -0.39 is 0 Å². The van der Waals surface area contributed by atoms with E-state index in [4.69, 9.17) is 0 Å². The normalized spacial score (nSPS) is 13.4. The van der Waals surface area contributed by atoms with Crippen LogP contribution in [0.15, 0.2) is 121 Å². The van der Waals surface area contributed by atoms with E-state index in [1.807, 2.05) is 0 Å². The minimum Gasteiger partial charge on any atom is -0.0619 e. The highest BCUT2D eigenvalue weighted by Gasteiger charge is 2.45. The summed E-state index contributed by atoms with van der Waals surface area (Å²) in [7, 11) is 0. The predicted octanol–water partition coefficient (Wildman–Crippen LogP) is 8.26. The van der Waals surface area contributed by atoms with Crippen LogP contribution in [0.2, 0.25) is 0 Å². The van der Waals surface area contributed by atoms with Gasteiger partial charge in [0.15, 0.2) is 0 Å². The SMILES string of the molecule is Cc1ccc(C2(c3cccc(Cc4cccc(C)c4)c3)c3ccccc3-c3ccccc32)cc1. The summed E-state index contributed by atoms with van der Waals surface area (Å²) in [4.78, 5) is 0. The molecule has 0 nitrogen and oxygen atoms in total. The Hall–Kier alpha value is -3.90. The lowest BCUT2D eigenvalue weighted by atomic mass is 9.67. The molecule has 0 saturated heterocycles. The van der Waals surface area contributed by atoms with Crippen molar-refractivity contribution < 1.29 is 0 Å². The molecule has 5 aromatic rings. The molecule has 0 aliphatic heterocycles. The molecule has 1 aliphatic carbocycles. The van der Waals surface area contributed by atoms with E-state index in [1.165, 1.54) is 55.6 Å². The van der Waals surface area contributed by atoms with Crippen LogP contribution in [0.1, 0.15) is 44.5 Å². The Morgan fingerprint density at radius 1 is 0.471 bits per heavy atom. The summed E-state index contributed by atoms with van der Waals surface area (Å²) in [5, 5.41) is 0. The molecular weight excluding hydrogens is 408 g/mol. The molecule has 164 valence electrons. The zero-order valence-corrected chi connectivity index (χ0v) is 19.8. The fraction of sp³-hybridized carbons (Fsp3) is 0.118. The van der Waals surface area contributed by atoms with Gasteiger partial charge in [-0.15, -0.1) is 0 Å². The van der Waals surface area contributed by atoms with Crippen LogP contribution in [0, 0.1) is 13.8 Å². The fourth-order valence-electron chi connectivity index (χ4n) is 5.80. The number of aryl methyl sites for hydroxylation is 2. The van der Waals surface area contributed by atoms with Gasteiger partial charge in [-0.2, -0.15) is 0 Å². The molecule has 1 aliphatic rings. The second-order valence-corrected chi connectivity index (χ2v) is 9.57. The molecule has 0 N–H and O–H groups in total. The average molecular weight is 437 g/mol. The Balaban J connectivity index is 1.61. The van der Waals surface area contributed by atoms with Gasteiger partial charge in [0.1, 0.15) is 0 Å². The molecule has 5 aromatic carbocycles. The van der Waals surface area contributed by atoms with E-state index in [9.17, 15) is 0 Å². The van der Waals surface area contributed by atoms with Gasteiger partial charge in [-0.25, -0.2) is 0 Å². The molecule has 0 amide bonds. The third-order valence-corrected chi connectivity index (χ3v) is 7.29. The van der Waals surface area contributed by atoms with Crippen molar-refractivity contribution in [2.45, 2.75) is 25.7 Å². The molecule has 0 fully saturated rings. The van der Waals surface area contributed by atoms with Crippen molar-refractivity contribution >= 4 is 0 Å². The highest BCUT2D eigenvalue weighted by atomic mass is 14.5. The topological polar surface area (TPSA) is 0 Å². The lowest BCUT2D eigenvalue weighted by Crippen LogP contribution is -2.28. The highest BCUT2D eigenvalue weighted by Crippen LogP contribution is 2.56. The Labute approximate surface area is 202 Å². The van der Waals surface area contributed by atoms with Crippen molar-refractivity contribution in [3.05, 3.63) is 166 Å². The van der Waals surface area contributed by atoms with Crippen LogP contribution < -0.4 is 0 Å². The average Bonchev–Trinajstić information content (AvgIpc) is 3.16. The maximum absolute atomic E-state index is 2.43. The number of rotatable bonds is 4. The third kappa shape index (κ3) is 3.22. The first-order valence-corrected chi connectivity index (χ1v) is 12.1. The summed E-state index contributed by atoms with van der Waals surface area (Å²) in [5.41, 5.74) is 13.0. The van der Waals surface area contributed by atoms with Crippen LogP contribution in [0.3, 0.4) is 0 Å². The van der Waals surface area contributed by atoms with Crippen molar-refractivity contribution in [1.29, 1.82) is 0 Å². The van der Waals surface area contributed by atoms with Crippen molar-refractivity contribution in [1.82, 2.24) is 0 Å². The van der Waals surface area contributed by atoms with Gasteiger partial charge in [0.05, 0.1) is 5.41 Å². The van der Waals surface area contributed by atoms with E-state index in [2.05, 4.69) is 135 Å². The molecule has 0 spiro atoms. The number of hydrogen-bond acceptors (Lipinski definition) is 0. The van der Waals surface area contributed by atoms with Gasteiger partial charge in [-0.05, 0) is 64.8 Å². The van der Waals surface area contributed by atoms with Crippen LogP contribution in [0.5, 0.6) is 0 Å². The Morgan fingerprint density at radius 2 is 1.06 bits per heavy atom. The van der Waals surface area contributed by atoms with Crippen LogP contribution in [0.25, 0.3) is 11.1 Å². The van der Waals surface area contributed by atoms with Gasteiger partial charge in [0, 0.05) is 0 Å². The summed E-state index contributed by atoms with van der Waals surface area (Å²) in [6, 6.07) is 45.1. The van der Waals surface area contributed by atoms with Gasteiger partial charge in [-0.1, -0.05) is 132 Å². The first-order valence-electron chi connectivity index (χ1n) is 12.1. The lowest BCUT2D eigenvalue weighted by Gasteiger charge is -2.34. The number of hydrogen-bond donors (Lipinski definition) is 0. The van der Waals surface area contributed by atoms with Gasteiger partial charge >= 0.3 is 0 Å². The van der Waals surface area contributed by atoms with Crippen molar-refractivity contribution in [3.8, 4) is 11.1 Å². The van der Waals surface area contributed by atoms with E-state index in [0.717, 1.165) is 6.42 Å². The summed E-state index contributed by atoms with van der Waals surface area (Å²) < 4.78 is 0. The largest absolute Gasteiger partial charge is 0.0713 e. The summed E-state index contributed by atoms with van der Waals surface area (Å²) in [6.07, 6.45) is 0.933. The van der Waals surface area contributed by atoms with Gasteiger partial charge in [-0.3, -0.25) is 0 Å². The van der Waals surface area contributed by atoms with Crippen LogP contribution >= 0.6 is 0 Å². The molecule has 0 unspecified atom stereocenters. The van der Waals surface area contributed by atoms with Crippen molar-refractivity contribution in [2.24, 2.45) is 0 Å². The van der Waals surface area contributed by atoms with Crippen molar-refractivity contribution in [3.63, 3.8) is 0 Å². The maximum atomic E-state index is 2.43. The summed E-state index contributed by atoms with van der Waals surface area (Å²) in [6.45, 7) is 4.33. The molecule has 0 heterocycles. The Kier molecular flexibility index (Phi) is 4.96. The molecule has 0 aromatic heterocycles. The van der Waals surface area contributed by atoms with E-state index in [0.29, 0.717) is 0 Å². The minimum atomic E-state index is -0.330. The summed E-state index contributed by atoms with van der Waals surface area (Å²) in [5.74, 6) is 0. The minimum absolute atomic E-state index is 0.330. The smallest absolute Gasteiger partial charge is 0.0619 e. The zero-order chi connectivity index (χ0) is 23.1. The molecule has 0 heteroatoms. The number of benzene rings is 5. The fourth-order valence-corrected chi connectivity index (χ4v) is 5.80. The second-order valence-electron chi connectivity index (χ2n) is 9.57. The van der Waals surface area contributed by atoms with E-state index >= 15 is 0 Å². The molecule has 0 atom stereocenters. The molecule has 0 bridgehead atoms. The van der Waals surface area contributed by atoms with Crippen LogP contribution in [-0.4, -0.2) is 0 Å². The van der Waals surface area contributed by atoms with Gasteiger partial charge in [0.25, 0.3) is 0 Å². The molecule has 0 radical (unpaired) electrons. The van der Waals surface area contributed by atoms with E-state index in [1.54, 1.807) is 0 Å². The maximum Gasteiger partial charge on any atom is 0.0713 e. The third-order valence-electron chi connectivity index (χ3n) is 7.29. The van der Waals surface area contributed by atoms with Gasteiger partial charge < -0.3 is 0 Å². The lowest BCUT2D eigenvalue weighted by molar-refractivity contribution is 0.766. The van der Waals surface area contributed by atoms with Gasteiger partial charge in [0.2, 0.25) is 0 Å². The first-order chi connectivity index (χ1) is 16.7. The highest BCUT2D eigenvalue weighted by molar-refractivity contribution is 5.86. The van der Waals surface area contributed by atoms with Crippen LogP contribution in [-0.2, 0) is 11.8 Å². The second kappa shape index (κ2) is 8.15. The van der Waals surface area contributed by atoms with Crippen LogP contribution in [0.4, 0.5) is 0 Å². The Morgan fingerprint density at radius 3 is 1.71 bits per heavy atom.